The molecule has 5 heteroatoms. The topological polar surface area (TPSA) is 30.0 Å². The largest absolute Gasteiger partial charge is 0.378 e. The zero-order valence-electron chi connectivity index (χ0n) is 20.3. The molecular formula is C28H38N4O. The minimum atomic E-state index is 0.307. The molecule has 0 bridgehead atoms. The van der Waals surface area contributed by atoms with Crippen molar-refractivity contribution in [1.82, 2.24) is 14.7 Å². The molecule has 5 nitrogen and oxygen atoms in total. The van der Waals surface area contributed by atoms with Crippen molar-refractivity contribution in [2.45, 2.75) is 44.7 Å². The summed E-state index contributed by atoms with van der Waals surface area (Å²) in [5.74, 6) is 0.307. The number of amides is 1. The molecule has 2 fully saturated rings. The van der Waals surface area contributed by atoms with Crippen LogP contribution in [0.4, 0.5) is 5.69 Å². The Balaban J connectivity index is 1.17. The van der Waals surface area contributed by atoms with E-state index in [1.54, 1.807) is 0 Å². The fourth-order valence-electron chi connectivity index (χ4n) is 5.79. The van der Waals surface area contributed by atoms with Gasteiger partial charge in [-0.15, -0.1) is 0 Å². The molecule has 1 aliphatic carbocycles. The molecule has 0 radical (unpaired) electrons. The second-order valence-corrected chi connectivity index (χ2v) is 10.2. The van der Waals surface area contributed by atoms with Gasteiger partial charge in [0, 0.05) is 65.1 Å². The van der Waals surface area contributed by atoms with Crippen LogP contribution < -0.4 is 4.90 Å². The number of rotatable bonds is 5. The van der Waals surface area contributed by atoms with Gasteiger partial charge in [0.25, 0.3) is 0 Å². The highest BCUT2D eigenvalue weighted by molar-refractivity contribution is 5.78. The van der Waals surface area contributed by atoms with Gasteiger partial charge in [-0.05, 0) is 53.6 Å². The number of nitrogens with zero attached hydrogens (tertiary/aromatic N) is 4. The third-order valence-electron chi connectivity index (χ3n) is 7.86. The number of hydrogen-bond donors (Lipinski definition) is 0. The molecule has 33 heavy (non-hydrogen) atoms. The Hall–Kier alpha value is -2.37. The monoisotopic (exact) mass is 446 g/mol. The van der Waals surface area contributed by atoms with E-state index >= 15 is 0 Å². The van der Waals surface area contributed by atoms with E-state index in [0.717, 1.165) is 51.7 Å². The third kappa shape index (κ3) is 5.10. The molecule has 0 aromatic heterocycles. The highest BCUT2D eigenvalue weighted by Gasteiger charge is 2.29. The van der Waals surface area contributed by atoms with E-state index in [1.165, 1.54) is 53.6 Å². The predicted molar refractivity (Wildman–Crippen MR) is 136 cm³/mol. The van der Waals surface area contributed by atoms with E-state index in [9.17, 15) is 4.79 Å². The maximum atomic E-state index is 13.0. The summed E-state index contributed by atoms with van der Waals surface area (Å²) in [7, 11) is 4.16. The number of carbonyl (C=O) groups excluding carboxylic acids is 1. The van der Waals surface area contributed by atoms with Gasteiger partial charge in [0.2, 0.25) is 5.91 Å². The van der Waals surface area contributed by atoms with Crippen molar-refractivity contribution in [2.75, 3.05) is 58.3 Å². The number of piperazine rings is 1. The van der Waals surface area contributed by atoms with Crippen molar-refractivity contribution in [3.8, 4) is 11.1 Å². The molecule has 2 aliphatic heterocycles. The lowest BCUT2D eigenvalue weighted by atomic mass is 9.94. The van der Waals surface area contributed by atoms with E-state index in [2.05, 4.69) is 76.2 Å². The average molecular weight is 447 g/mol. The van der Waals surface area contributed by atoms with Crippen molar-refractivity contribution in [2.24, 2.45) is 0 Å². The fourth-order valence-corrected chi connectivity index (χ4v) is 5.79. The number of hydrogen-bond acceptors (Lipinski definition) is 4. The van der Waals surface area contributed by atoms with Crippen LogP contribution in [0.1, 0.15) is 36.8 Å². The summed E-state index contributed by atoms with van der Waals surface area (Å²) < 4.78 is 0. The number of fused-ring (bicyclic) bond motifs is 1. The smallest absolute Gasteiger partial charge is 0.236 e. The minimum Gasteiger partial charge on any atom is -0.378 e. The Bertz CT molecular complexity index is 974. The summed E-state index contributed by atoms with van der Waals surface area (Å²) in [4.78, 5) is 22.2. The van der Waals surface area contributed by atoms with Crippen molar-refractivity contribution in [3.63, 3.8) is 0 Å². The second kappa shape index (κ2) is 9.86. The van der Waals surface area contributed by atoms with E-state index in [1.807, 2.05) is 0 Å². The van der Waals surface area contributed by atoms with Crippen LogP contribution in [0.15, 0.2) is 42.5 Å². The van der Waals surface area contributed by atoms with Gasteiger partial charge in [-0.2, -0.15) is 0 Å². The average Bonchev–Trinajstić information content (AvgIpc) is 3.39. The van der Waals surface area contributed by atoms with E-state index in [0.29, 0.717) is 12.5 Å². The van der Waals surface area contributed by atoms with E-state index < -0.39 is 0 Å². The standard InChI is InChI=1S/C28H38N4O/c1-29(2)27-9-5-6-22(19-27)23-10-11-25-20-30(13-12-24(25)18-23)21-28(33)32-16-14-31(15-17-32)26-7-3-4-8-26/h5-6,9-11,18-19,26H,3-4,7-8,12-17,20-21H2,1-2H3. The van der Waals surface area contributed by atoms with Crippen LogP contribution in [0.2, 0.25) is 0 Å². The van der Waals surface area contributed by atoms with Gasteiger partial charge in [0.05, 0.1) is 6.54 Å². The summed E-state index contributed by atoms with van der Waals surface area (Å²) in [6.07, 6.45) is 6.47. The molecule has 1 saturated carbocycles. The molecule has 0 N–H and O–H groups in total. The Labute approximate surface area is 199 Å². The molecule has 176 valence electrons. The summed E-state index contributed by atoms with van der Waals surface area (Å²) in [6.45, 7) is 6.29. The first kappa shape index (κ1) is 22.4. The summed E-state index contributed by atoms with van der Waals surface area (Å²) in [5.41, 5.74) is 6.56. The Kier molecular flexibility index (Phi) is 6.70. The lowest BCUT2D eigenvalue weighted by Gasteiger charge is -2.39. The summed E-state index contributed by atoms with van der Waals surface area (Å²) >= 11 is 0. The Morgan fingerprint density at radius 2 is 1.67 bits per heavy atom. The maximum Gasteiger partial charge on any atom is 0.236 e. The van der Waals surface area contributed by atoms with Crippen molar-refractivity contribution < 1.29 is 4.79 Å². The van der Waals surface area contributed by atoms with E-state index in [4.69, 9.17) is 0 Å². The van der Waals surface area contributed by atoms with E-state index in [-0.39, 0.29) is 0 Å². The molecule has 1 amide bonds. The quantitative estimate of drug-likeness (QED) is 0.698. The zero-order chi connectivity index (χ0) is 22.8. The lowest BCUT2D eigenvalue weighted by Crippen LogP contribution is -2.53. The molecule has 2 heterocycles. The van der Waals surface area contributed by atoms with Crippen molar-refractivity contribution in [3.05, 3.63) is 53.6 Å². The first-order valence-corrected chi connectivity index (χ1v) is 12.7. The van der Waals surface area contributed by atoms with Gasteiger partial charge >= 0.3 is 0 Å². The van der Waals surface area contributed by atoms with Gasteiger partial charge in [0.15, 0.2) is 0 Å². The highest BCUT2D eigenvalue weighted by Crippen LogP contribution is 2.29. The van der Waals surface area contributed by atoms with Gasteiger partial charge in [-0.25, -0.2) is 0 Å². The maximum absolute atomic E-state index is 13.0. The Morgan fingerprint density at radius 1 is 0.909 bits per heavy atom. The lowest BCUT2D eigenvalue weighted by molar-refractivity contribution is -0.134. The highest BCUT2D eigenvalue weighted by atomic mass is 16.2. The zero-order valence-corrected chi connectivity index (χ0v) is 20.3. The molecule has 3 aliphatic rings. The number of benzene rings is 2. The van der Waals surface area contributed by atoms with Gasteiger partial charge in [-0.1, -0.05) is 43.2 Å². The third-order valence-corrected chi connectivity index (χ3v) is 7.86. The summed E-state index contributed by atoms with van der Waals surface area (Å²) in [5, 5.41) is 0. The molecule has 1 saturated heterocycles. The number of carbonyl (C=O) groups is 1. The molecule has 0 spiro atoms. The molecule has 0 atom stereocenters. The van der Waals surface area contributed by atoms with Gasteiger partial charge in [0.1, 0.15) is 0 Å². The van der Waals surface area contributed by atoms with Gasteiger partial charge in [-0.3, -0.25) is 14.6 Å². The van der Waals surface area contributed by atoms with Gasteiger partial charge < -0.3 is 9.80 Å². The van der Waals surface area contributed by atoms with Crippen LogP contribution in [0.25, 0.3) is 11.1 Å². The normalized spacial score (nSPS) is 20.1. The van der Waals surface area contributed by atoms with Crippen molar-refractivity contribution >= 4 is 11.6 Å². The SMILES string of the molecule is CN(C)c1cccc(-c2ccc3c(c2)CCN(CC(=O)N2CCN(C4CCCC4)CC2)C3)c1. The second-order valence-electron chi connectivity index (χ2n) is 10.2. The minimum absolute atomic E-state index is 0.307. The first-order valence-electron chi connectivity index (χ1n) is 12.7. The van der Waals surface area contributed by atoms with Crippen molar-refractivity contribution in [1.29, 1.82) is 0 Å². The number of anilines is 1. The van der Waals surface area contributed by atoms with Crippen LogP contribution in [0.5, 0.6) is 0 Å². The molecule has 5 rings (SSSR count). The molecule has 0 unspecified atom stereocenters. The van der Waals surface area contributed by atoms with Crippen LogP contribution >= 0.6 is 0 Å². The fraction of sp³-hybridized carbons (Fsp3) is 0.536. The molecule has 2 aromatic rings. The Morgan fingerprint density at radius 3 is 2.42 bits per heavy atom. The molecular weight excluding hydrogens is 408 g/mol. The van der Waals surface area contributed by atoms with Crippen LogP contribution in [0.3, 0.4) is 0 Å². The predicted octanol–water partition coefficient (Wildman–Crippen LogP) is 3.86. The van der Waals surface area contributed by atoms with Crippen LogP contribution in [-0.2, 0) is 17.8 Å². The summed E-state index contributed by atoms with van der Waals surface area (Å²) in [6, 6.07) is 16.3. The van der Waals surface area contributed by atoms with Crippen LogP contribution in [0, 0.1) is 0 Å². The molecule has 2 aromatic carbocycles. The van der Waals surface area contributed by atoms with Crippen LogP contribution in [-0.4, -0.2) is 80.0 Å². The first-order chi connectivity index (χ1) is 16.1.